The first kappa shape index (κ1) is 48.4. The van der Waals surface area contributed by atoms with Crippen molar-refractivity contribution in [2.75, 3.05) is 67.5 Å². The van der Waals surface area contributed by atoms with Crippen LogP contribution in [0.4, 0.5) is 9.59 Å². The molecule has 0 aliphatic carbocycles. The minimum atomic E-state index is -1.58. The van der Waals surface area contributed by atoms with E-state index >= 15 is 0 Å². The van der Waals surface area contributed by atoms with Crippen LogP contribution in [0.2, 0.25) is 0 Å². The third-order valence-corrected chi connectivity index (χ3v) is 12.4. The van der Waals surface area contributed by atoms with Gasteiger partial charge in [-0.2, -0.15) is 0 Å². The van der Waals surface area contributed by atoms with Crippen molar-refractivity contribution in [1.29, 1.82) is 0 Å². The Morgan fingerprint density at radius 1 is 0.561 bits per heavy atom. The number of primary amides is 2. The van der Waals surface area contributed by atoms with Crippen molar-refractivity contribution in [3.63, 3.8) is 0 Å². The second kappa shape index (κ2) is 21.8. The van der Waals surface area contributed by atoms with Crippen LogP contribution in [0.25, 0.3) is 0 Å². The Morgan fingerprint density at radius 2 is 0.848 bits per heavy atom. The van der Waals surface area contributed by atoms with Crippen LogP contribution >= 0.6 is 0 Å². The van der Waals surface area contributed by atoms with Gasteiger partial charge in [0, 0.05) is 63.3 Å². The molecule has 0 bridgehead atoms. The predicted molar refractivity (Wildman–Crippen MR) is 248 cm³/mol. The molecule has 2 aliphatic heterocycles. The van der Waals surface area contributed by atoms with Gasteiger partial charge in [0.05, 0.1) is 0 Å². The van der Waals surface area contributed by atoms with E-state index in [1.807, 2.05) is 159 Å². The van der Waals surface area contributed by atoms with Crippen molar-refractivity contribution in [2.24, 2.45) is 23.3 Å². The van der Waals surface area contributed by atoms with E-state index in [1.54, 1.807) is 9.80 Å². The minimum Gasteiger partial charge on any atom is -0.449 e. The average molecular weight is 901 g/mol. The Kier molecular flexibility index (Phi) is 16.0. The monoisotopic (exact) mass is 900 g/mol. The van der Waals surface area contributed by atoms with Gasteiger partial charge in [-0.15, -0.1) is 0 Å². The van der Waals surface area contributed by atoms with Crippen LogP contribution in [-0.4, -0.2) is 135 Å². The lowest BCUT2D eigenvalue weighted by atomic mass is 9.71. The summed E-state index contributed by atoms with van der Waals surface area (Å²) in [6.45, 7) is 2.23. The van der Waals surface area contributed by atoms with Gasteiger partial charge in [-0.3, -0.25) is 9.59 Å². The van der Waals surface area contributed by atoms with Crippen LogP contribution in [0.3, 0.4) is 0 Å². The van der Waals surface area contributed by atoms with Crippen LogP contribution < -0.4 is 22.1 Å². The number of ether oxygens (including phenoxy) is 2. The van der Waals surface area contributed by atoms with Crippen LogP contribution in [0, 0.1) is 11.8 Å². The van der Waals surface area contributed by atoms with E-state index < -0.39 is 58.9 Å². The van der Waals surface area contributed by atoms with Gasteiger partial charge in [-0.1, -0.05) is 121 Å². The molecular weight excluding hydrogens is 841 g/mol. The fourth-order valence-corrected chi connectivity index (χ4v) is 9.66. The number of benzene rings is 4. The van der Waals surface area contributed by atoms with Crippen LogP contribution in [-0.2, 0) is 39.7 Å². The SMILES string of the molecule is CN(C)CCNC(=O)N1CCC(C(OC(=O)/C=C/C(=O)OC(C(N)=O)C2CCN(C(=O)NCCN(C)C)C2(c2ccccc2)c2ccccc2)C(N)=O)C1(c1ccccc1)c1ccccc1. The average Bonchev–Trinajstić information content (AvgIpc) is 3.91. The number of likely N-dealkylation sites (N-methyl/N-ethyl adjacent to an activating group) is 2. The molecule has 0 spiro atoms. The molecule has 2 heterocycles. The number of hydrogen-bond donors (Lipinski definition) is 4. The number of carbonyl (C=O) groups excluding carboxylic acids is 6. The van der Waals surface area contributed by atoms with Crippen LogP contribution in [0.1, 0.15) is 35.1 Å². The number of nitrogens with two attached hydrogens (primary N) is 2. The molecular formula is C50H60N8O8. The van der Waals surface area contributed by atoms with Gasteiger partial charge < -0.3 is 51.2 Å². The summed E-state index contributed by atoms with van der Waals surface area (Å²) in [7, 11) is 7.59. The number of carbonyl (C=O) groups is 6. The fourth-order valence-electron chi connectivity index (χ4n) is 9.66. The molecule has 6 N–H and O–H groups in total. The highest BCUT2D eigenvalue weighted by molar-refractivity contribution is 5.94. The predicted octanol–water partition coefficient (Wildman–Crippen LogP) is 3.41. The quantitative estimate of drug-likeness (QED) is 0.0845. The summed E-state index contributed by atoms with van der Waals surface area (Å²) in [5.74, 6) is -5.87. The smallest absolute Gasteiger partial charge is 0.331 e. The topological polar surface area (TPSA) is 210 Å². The molecule has 2 aliphatic rings. The zero-order valence-corrected chi connectivity index (χ0v) is 37.9. The van der Waals surface area contributed by atoms with E-state index in [4.69, 9.17) is 20.9 Å². The maximum atomic E-state index is 14.1. The van der Waals surface area contributed by atoms with Gasteiger partial charge in [-0.25, -0.2) is 19.2 Å². The van der Waals surface area contributed by atoms with Gasteiger partial charge in [0.25, 0.3) is 11.8 Å². The summed E-state index contributed by atoms with van der Waals surface area (Å²) in [4.78, 5) is 89.9. The molecule has 4 unspecified atom stereocenters. The number of esters is 2. The molecule has 66 heavy (non-hydrogen) atoms. The Labute approximate surface area is 385 Å². The third-order valence-electron chi connectivity index (χ3n) is 12.4. The first-order chi connectivity index (χ1) is 31.7. The molecule has 16 heteroatoms. The lowest BCUT2D eigenvalue weighted by Crippen LogP contribution is -2.57. The van der Waals surface area contributed by atoms with E-state index in [-0.39, 0.29) is 38.0 Å². The van der Waals surface area contributed by atoms with Gasteiger partial charge >= 0.3 is 24.0 Å². The van der Waals surface area contributed by atoms with Crippen molar-refractivity contribution in [2.45, 2.75) is 36.1 Å². The molecule has 4 aromatic carbocycles. The van der Waals surface area contributed by atoms with Crippen LogP contribution in [0.5, 0.6) is 0 Å². The number of nitrogens with one attached hydrogen (secondary N) is 2. The summed E-state index contributed by atoms with van der Waals surface area (Å²) < 4.78 is 11.7. The number of rotatable bonds is 18. The van der Waals surface area contributed by atoms with E-state index in [9.17, 15) is 28.8 Å². The van der Waals surface area contributed by atoms with Crippen molar-refractivity contribution >= 4 is 35.8 Å². The Balaban J connectivity index is 1.30. The van der Waals surface area contributed by atoms with Gasteiger partial charge in [-0.05, 0) is 63.3 Å². The van der Waals surface area contributed by atoms with E-state index in [2.05, 4.69) is 10.6 Å². The molecule has 16 nitrogen and oxygen atoms in total. The Hall–Kier alpha value is -7.04. The summed E-state index contributed by atoms with van der Waals surface area (Å²) in [5.41, 5.74) is 12.1. The summed E-state index contributed by atoms with van der Waals surface area (Å²) >= 11 is 0. The molecule has 4 atom stereocenters. The molecule has 0 aromatic heterocycles. The largest absolute Gasteiger partial charge is 0.449 e. The second-order valence-electron chi connectivity index (χ2n) is 17.0. The highest BCUT2D eigenvalue weighted by atomic mass is 16.6. The summed E-state index contributed by atoms with van der Waals surface area (Å²) in [5, 5.41) is 6.00. The maximum Gasteiger partial charge on any atom is 0.331 e. The first-order valence-corrected chi connectivity index (χ1v) is 22.0. The Morgan fingerprint density at radius 3 is 1.11 bits per heavy atom. The molecule has 348 valence electrons. The minimum absolute atomic E-state index is 0.185. The Bertz CT molecular complexity index is 2090. The van der Waals surface area contributed by atoms with Crippen molar-refractivity contribution < 1.29 is 38.2 Å². The molecule has 0 radical (unpaired) electrons. The van der Waals surface area contributed by atoms with Crippen LogP contribution in [0.15, 0.2) is 133 Å². The number of likely N-dealkylation sites (tertiary alicyclic amines) is 2. The van der Waals surface area contributed by atoms with Gasteiger partial charge in [0.1, 0.15) is 11.1 Å². The molecule has 2 saturated heterocycles. The van der Waals surface area contributed by atoms with Crippen molar-refractivity contribution in [1.82, 2.24) is 30.2 Å². The summed E-state index contributed by atoms with van der Waals surface area (Å²) in [6, 6.07) is 36.0. The molecule has 6 amide bonds. The number of hydrogen-bond acceptors (Lipinski definition) is 10. The highest BCUT2D eigenvalue weighted by Gasteiger charge is 2.59. The molecule has 6 rings (SSSR count). The van der Waals surface area contributed by atoms with E-state index in [0.29, 0.717) is 48.4 Å². The van der Waals surface area contributed by atoms with Gasteiger partial charge in [0.2, 0.25) is 0 Å². The zero-order valence-electron chi connectivity index (χ0n) is 37.9. The molecule has 4 aromatic rings. The zero-order chi connectivity index (χ0) is 47.4. The normalized spacial score (nSPS) is 18.5. The highest BCUT2D eigenvalue weighted by Crippen LogP contribution is 2.52. The van der Waals surface area contributed by atoms with E-state index in [1.165, 1.54) is 0 Å². The number of urea groups is 2. The number of nitrogens with zero attached hydrogens (tertiary/aromatic N) is 4. The lowest BCUT2D eigenvalue weighted by Gasteiger charge is -2.45. The molecule has 0 saturated carbocycles. The third kappa shape index (κ3) is 10.2. The molecule has 2 fully saturated rings. The maximum absolute atomic E-state index is 14.1. The second-order valence-corrected chi connectivity index (χ2v) is 17.0. The first-order valence-electron chi connectivity index (χ1n) is 22.0. The number of amides is 6. The van der Waals surface area contributed by atoms with Crippen molar-refractivity contribution in [3.05, 3.63) is 156 Å². The van der Waals surface area contributed by atoms with Crippen molar-refractivity contribution in [3.8, 4) is 0 Å². The lowest BCUT2D eigenvalue weighted by molar-refractivity contribution is -0.156. The summed E-state index contributed by atoms with van der Waals surface area (Å²) in [6.07, 6.45) is -1.14. The standard InChI is InChI=1S/C50H60N8O8/c1-55(2)33-29-53-47(63)57-31-27-39(49(57,35-17-9-5-10-18-35)36-19-11-6-12-20-36)43(45(51)61)65-41(59)25-26-42(60)66-44(46(52)62)40-28-32-58(48(64)54-30-34-56(3)4)50(40,37-21-13-7-14-22-37)38-23-15-8-16-24-38/h5-26,39-40,43-44H,27-34H2,1-4H3,(H2,51,61)(H2,52,62)(H,53,63)(H,54,64)/b26-25+. The fraction of sp³-hybridized carbons (Fsp3) is 0.360. The van der Waals surface area contributed by atoms with E-state index in [0.717, 1.165) is 12.2 Å². The van der Waals surface area contributed by atoms with Gasteiger partial charge in [0.15, 0.2) is 12.2 Å².